The topological polar surface area (TPSA) is 0 Å². The lowest BCUT2D eigenvalue weighted by Gasteiger charge is -2.04. The Balaban J connectivity index is 1.02. The number of unbranched alkanes of at least 4 members (excludes halogenated alkanes) is 18. The van der Waals surface area contributed by atoms with Gasteiger partial charge in [0.15, 0.2) is 0 Å². The van der Waals surface area contributed by atoms with E-state index in [-0.39, 0.29) is 0 Å². The third-order valence-electron chi connectivity index (χ3n) is 12.4. The Morgan fingerprint density at radius 1 is 0.273 bits per heavy atom. The molecule has 8 heterocycles. The van der Waals surface area contributed by atoms with Crippen molar-refractivity contribution in [3.8, 4) is 68.3 Å². The fraction of sp³-hybridized carbons (Fsp3) is 0.429. The maximum Gasteiger partial charge on any atom is 0.0705 e. The molecule has 0 aromatic carbocycles. The van der Waals surface area contributed by atoms with Gasteiger partial charge in [0.2, 0.25) is 0 Å². The zero-order valence-corrected chi connectivity index (χ0v) is 48.4. The van der Waals surface area contributed by atoms with E-state index in [0.717, 1.165) is 12.8 Å². The van der Waals surface area contributed by atoms with Gasteiger partial charge in [0.05, 0.1) is 7.57 Å². The molecule has 0 aliphatic carbocycles. The predicted molar refractivity (Wildman–Crippen MR) is 314 cm³/mol. The van der Waals surface area contributed by atoms with E-state index >= 15 is 0 Å². The maximum absolute atomic E-state index is 3.67. The second-order valence-electron chi connectivity index (χ2n) is 17.7. The number of thiophene rings is 8. The Kier molecular flexibility index (Phi) is 20.6. The van der Waals surface area contributed by atoms with Crippen LogP contribution < -0.4 is 0 Å². The summed E-state index contributed by atoms with van der Waals surface area (Å²) < 4.78 is 2.38. The molecular formula is C56H64Br2S8. The van der Waals surface area contributed by atoms with Gasteiger partial charge in [-0.25, -0.2) is 0 Å². The number of aryl methyl sites for hydroxylation is 2. The molecule has 0 amide bonds. The first kappa shape index (κ1) is 50.9. The minimum atomic E-state index is 1.16. The number of hydrogen-bond acceptors (Lipinski definition) is 8. The van der Waals surface area contributed by atoms with E-state index in [9.17, 15) is 0 Å². The van der Waals surface area contributed by atoms with Gasteiger partial charge in [-0.2, -0.15) is 0 Å². The van der Waals surface area contributed by atoms with Crippen molar-refractivity contribution in [3.63, 3.8) is 0 Å². The largest absolute Gasteiger partial charge is 0.134 e. The van der Waals surface area contributed by atoms with Crippen LogP contribution in [0, 0.1) is 0 Å². The van der Waals surface area contributed by atoms with Crippen LogP contribution in [0.25, 0.3) is 68.3 Å². The second-order valence-corrected chi connectivity index (χ2v) is 29.0. The molecule has 8 aromatic rings. The molecule has 0 fully saturated rings. The summed E-state index contributed by atoms with van der Waals surface area (Å²) in [6.07, 6.45) is 29.8. The summed E-state index contributed by atoms with van der Waals surface area (Å²) in [5, 5.41) is 0. The zero-order chi connectivity index (χ0) is 45.5. The molecule has 10 heteroatoms. The average Bonchev–Trinajstić information content (AvgIpc) is 4.16. The molecule has 0 N–H and O–H groups in total. The van der Waals surface area contributed by atoms with Crippen LogP contribution in [0.1, 0.15) is 153 Å². The zero-order valence-electron chi connectivity index (χ0n) is 38.7. The van der Waals surface area contributed by atoms with Crippen molar-refractivity contribution in [1.82, 2.24) is 0 Å². The van der Waals surface area contributed by atoms with Crippen molar-refractivity contribution in [2.75, 3.05) is 0 Å². The fourth-order valence-electron chi connectivity index (χ4n) is 8.78. The Morgan fingerprint density at radius 3 is 0.833 bits per heavy atom. The van der Waals surface area contributed by atoms with Crippen molar-refractivity contribution in [1.29, 1.82) is 0 Å². The van der Waals surface area contributed by atoms with Crippen LogP contribution in [0.5, 0.6) is 0 Å². The van der Waals surface area contributed by atoms with Crippen LogP contribution in [0.15, 0.2) is 92.5 Å². The summed E-state index contributed by atoms with van der Waals surface area (Å²) in [6, 6.07) is 32.8. The van der Waals surface area contributed by atoms with Crippen molar-refractivity contribution in [2.24, 2.45) is 0 Å². The normalized spacial score (nSPS) is 11.8. The molecule has 8 rings (SSSR count). The first-order valence-corrected chi connectivity index (χ1v) is 32.8. The Morgan fingerprint density at radius 2 is 0.530 bits per heavy atom. The van der Waals surface area contributed by atoms with E-state index in [0.29, 0.717) is 0 Å². The predicted octanol–water partition coefficient (Wildman–Crippen LogP) is 24.3. The van der Waals surface area contributed by atoms with E-state index in [1.54, 1.807) is 11.1 Å². The first-order chi connectivity index (χ1) is 32.4. The van der Waals surface area contributed by atoms with E-state index in [1.807, 2.05) is 90.7 Å². The van der Waals surface area contributed by atoms with Gasteiger partial charge < -0.3 is 0 Å². The van der Waals surface area contributed by atoms with Crippen LogP contribution >= 0.6 is 123 Å². The summed E-state index contributed by atoms with van der Waals surface area (Å²) in [5.41, 5.74) is 3.10. The van der Waals surface area contributed by atoms with E-state index in [1.165, 1.54) is 204 Å². The minimum absolute atomic E-state index is 1.16. The van der Waals surface area contributed by atoms with Crippen molar-refractivity contribution < 1.29 is 0 Å². The molecule has 8 aromatic heterocycles. The first-order valence-electron chi connectivity index (χ1n) is 24.6. The van der Waals surface area contributed by atoms with Crippen LogP contribution in [-0.2, 0) is 12.8 Å². The molecule has 0 saturated carbocycles. The summed E-state index contributed by atoms with van der Waals surface area (Å²) in [6.45, 7) is 4.62. The average molecular weight is 1150 g/mol. The summed E-state index contributed by atoms with van der Waals surface area (Å²) in [5.74, 6) is 0. The van der Waals surface area contributed by atoms with Crippen LogP contribution in [0.4, 0.5) is 0 Å². The molecular weight excluding hydrogens is 1090 g/mol. The highest BCUT2D eigenvalue weighted by Gasteiger charge is 2.21. The summed E-state index contributed by atoms with van der Waals surface area (Å²) >= 11 is 22.9. The number of halogens is 2. The molecule has 0 unspecified atom stereocenters. The highest BCUT2D eigenvalue weighted by atomic mass is 79.9. The minimum Gasteiger partial charge on any atom is -0.134 e. The molecule has 0 nitrogen and oxygen atoms in total. The lowest BCUT2D eigenvalue weighted by Crippen LogP contribution is -1.87. The maximum atomic E-state index is 3.67. The van der Waals surface area contributed by atoms with Gasteiger partial charge in [0.1, 0.15) is 0 Å². The van der Waals surface area contributed by atoms with Gasteiger partial charge in [-0.15, -0.1) is 90.7 Å². The fourth-order valence-corrected chi connectivity index (χ4v) is 18.7. The summed E-state index contributed by atoms with van der Waals surface area (Å²) in [4.78, 5) is 19.6. The molecule has 350 valence electrons. The molecule has 0 aliphatic rings. The van der Waals surface area contributed by atoms with Gasteiger partial charge in [-0.05, 0) is 154 Å². The third kappa shape index (κ3) is 14.3. The molecule has 0 atom stereocenters. The Hall–Kier alpha value is -1.44. The van der Waals surface area contributed by atoms with E-state index in [4.69, 9.17) is 0 Å². The number of rotatable bonds is 29. The van der Waals surface area contributed by atoms with Crippen molar-refractivity contribution in [2.45, 2.75) is 155 Å². The number of hydrogen-bond donors (Lipinski definition) is 0. The molecule has 0 aliphatic heterocycles. The highest BCUT2D eigenvalue weighted by Crippen LogP contribution is 2.50. The van der Waals surface area contributed by atoms with Crippen LogP contribution in [0.3, 0.4) is 0 Å². The summed E-state index contributed by atoms with van der Waals surface area (Å²) in [7, 11) is 0. The van der Waals surface area contributed by atoms with Gasteiger partial charge in [0, 0.05) is 68.3 Å². The van der Waals surface area contributed by atoms with Crippen molar-refractivity contribution >= 4 is 123 Å². The van der Waals surface area contributed by atoms with Crippen LogP contribution in [-0.4, -0.2) is 0 Å². The second kappa shape index (κ2) is 26.7. The van der Waals surface area contributed by atoms with Gasteiger partial charge >= 0.3 is 0 Å². The lowest BCUT2D eigenvalue weighted by molar-refractivity contribution is 0.556. The third-order valence-corrected chi connectivity index (χ3v) is 23.7. The molecule has 0 saturated heterocycles. The van der Waals surface area contributed by atoms with E-state index < -0.39 is 0 Å². The van der Waals surface area contributed by atoms with Gasteiger partial charge in [-0.1, -0.05) is 129 Å². The highest BCUT2D eigenvalue weighted by molar-refractivity contribution is 9.11. The lowest BCUT2D eigenvalue weighted by atomic mass is 10.0. The van der Waals surface area contributed by atoms with Crippen molar-refractivity contribution in [3.05, 3.63) is 104 Å². The quantitative estimate of drug-likeness (QED) is 0.0410. The molecule has 66 heavy (non-hydrogen) atoms. The molecule has 0 spiro atoms. The monoisotopic (exact) mass is 1150 g/mol. The standard InChI is InChI=1S/C56H64Br2S8/c1-3-5-7-9-11-13-15-17-19-21-23-39-37-51(65-55(39)49-31-29-43(61-49)41-25-27-45(59-41)47-33-35-53(57)63-47)52-38-40(24-22-20-18-16-14-12-10-8-6-4-2)56(66-52)50-32-30-44(62-50)42-26-28-46(60-42)48-34-36-54(58)64-48/h25-38H,3-24H2,1-2H3. The van der Waals surface area contributed by atoms with E-state index in [2.05, 4.69) is 131 Å². The SMILES string of the molecule is CCCCCCCCCCCCc1cc(-c2cc(CCCCCCCCCCCC)c(-c3ccc(-c4ccc(-c5ccc(Br)s5)s4)s3)s2)sc1-c1ccc(-c2ccc(-c3ccc(Br)s3)s2)s1. The van der Waals surface area contributed by atoms with Gasteiger partial charge in [0.25, 0.3) is 0 Å². The Labute approximate surface area is 444 Å². The smallest absolute Gasteiger partial charge is 0.0705 e. The molecule has 0 radical (unpaired) electrons. The Bertz CT molecular complexity index is 2470. The van der Waals surface area contributed by atoms with Gasteiger partial charge in [-0.3, -0.25) is 0 Å². The van der Waals surface area contributed by atoms with Crippen LogP contribution in [0.2, 0.25) is 0 Å². The molecule has 0 bridgehead atoms.